The molecule has 0 saturated carbocycles. The highest BCUT2D eigenvalue weighted by Gasteiger charge is 2.38. The topological polar surface area (TPSA) is 62.3 Å². The molecule has 86 valence electrons. The number of sulfonamides is 1. The van der Waals surface area contributed by atoms with E-state index in [9.17, 15) is 8.42 Å². The Balaban J connectivity index is 2.23. The average Bonchev–Trinajstić information content (AvgIpc) is 2.62. The van der Waals surface area contributed by atoms with Crippen LogP contribution in [0.2, 0.25) is 5.15 Å². The highest BCUT2D eigenvalue weighted by molar-refractivity contribution is 7.89. The Morgan fingerprint density at radius 3 is 3.12 bits per heavy atom. The standard InChI is InChI=1S/C9H10ClN3O2S/c10-8-2-1-7-9(12-8)11-6-3-4-13(5-6)16(7,14)15/h1-2,6H,3-5H2,(H,11,12)/t6-/m1/s1. The van der Waals surface area contributed by atoms with Crippen LogP contribution in [0.4, 0.5) is 5.82 Å². The number of fused-ring (bicyclic) bond motifs is 3. The number of nitrogens with zero attached hydrogens (tertiary/aromatic N) is 2. The van der Waals surface area contributed by atoms with Gasteiger partial charge in [-0.1, -0.05) is 11.6 Å². The third-order valence-corrected chi connectivity index (χ3v) is 5.04. The van der Waals surface area contributed by atoms with Gasteiger partial charge in [-0.05, 0) is 18.6 Å². The van der Waals surface area contributed by atoms with Crippen LogP contribution in [0.3, 0.4) is 0 Å². The van der Waals surface area contributed by atoms with Crippen molar-refractivity contribution < 1.29 is 8.42 Å². The number of pyridine rings is 1. The maximum Gasteiger partial charge on any atom is 0.246 e. The number of aromatic nitrogens is 1. The van der Waals surface area contributed by atoms with Gasteiger partial charge in [0.1, 0.15) is 15.9 Å². The minimum Gasteiger partial charge on any atom is -0.365 e. The van der Waals surface area contributed by atoms with Crippen LogP contribution in [0.15, 0.2) is 17.0 Å². The maximum atomic E-state index is 12.2. The maximum absolute atomic E-state index is 12.2. The molecule has 1 saturated heterocycles. The predicted molar refractivity (Wildman–Crippen MR) is 60.0 cm³/mol. The number of halogens is 1. The van der Waals surface area contributed by atoms with Gasteiger partial charge in [0.25, 0.3) is 0 Å². The van der Waals surface area contributed by atoms with E-state index in [1.54, 1.807) is 0 Å². The van der Waals surface area contributed by atoms with E-state index in [1.807, 2.05) is 0 Å². The Morgan fingerprint density at radius 1 is 1.50 bits per heavy atom. The summed E-state index contributed by atoms with van der Waals surface area (Å²) in [4.78, 5) is 4.26. The van der Waals surface area contributed by atoms with E-state index in [1.165, 1.54) is 16.4 Å². The highest BCUT2D eigenvalue weighted by Crippen LogP contribution is 2.32. The average molecular weight is 260 g/mol. The smallest absolute Gasteiger partial charge is 0.246 e. The van der Waals surface area contributed by atoms with E-state index in [4.69, 9.17) is 11.6 Å². The van der Waals surface area contributed by atoms with E-state index in [0.717, 1.165) is 6.42 Å². The lowest BCUT2D eigenvalue weighted by Gasteiger charge is -2.15. The molecule has 2 aliphatic rings. The number of hydrogen-bond acceptors (Lipinski definition) is 4. The van der Waals surface area contributed by atoms with Crippen LogP contribution in [-0.2, 0) is 10.0 Å². The van der Waals surface area contributed by atoms with Crippen molar-refractivity contribution in [3.8, 4) is 0 Å². The zero-order chi connectivity index (χ0) is 11.3. The molecule has 3 rings (SSSR count). The molecule has 1 unspecified atom stereocenters. The van der Waals surface area contributed by atoms with Crippen LogP contribution in [0.25, 0.3) is 0 Å². The van der Waals surface area contributed by atoms with Crippen molar-refractivity contribution in [3.63, 3.8) is 0 Å². The lowest BCUT2D eigenvalue weighted by molar-refractivity contribution is 0.478. The SMILES string of the molecule is O=S1(=O)c2ccc(Cl)nc2N[C@@H]2CCN1C2. The van der Waals surface area contributed by atoms with Crippen molar-refractivity contribution >= 4 is 27.4 Å². The molecular weight excluding hydrogens is 250 g/mol. The fourth-order valence-corrected chi connectivity index (χ4v) is 3.87. The molecule has 1 fully saturated rings. The van der Waals surface area contributed by atoms with Crippen LogP contribution >= 0.6 is 11.6 Å². The summed E-state index contributed by atoms with van der Waals surface area (Å²) in [5.41, 5.74) is 0. The molecule has 0 radical (unpaired) electrons. The van der Waals surface area contributed by atoms with Gasteiger partial charge in [-0.15, -0.1) is 0 Å². The molecule has 0 aromatic carbocycles. The minimum atomic E-state index is -3.39. The van der Waals surface area contributed by atoms with Crippen molar-refractivity contribution in [2.75, 3.05) is 18.4 Å². The van der Waals surface area contributed by atoms with E-state index in [2.05, 4.69) is 10.3 Å². The van der Waals surface area contributed by atoms with E-state index >= 15 is 0 Å². The second kappa shape index (κ2) is 3.32. The van der Waals surface area contributed by atoms with Gasteiger partial charge >= 0.3 is 0 Å². The molecule has 0 spiro atoms. The molecule has 5 nitrogen and oxygen atoms in total. The lowest BCUT2D eigenvalue weighted by Crippen LogP contribution is -2.28. The molecule has 2 bridgehead atoms. The van der Waals surface area contributed by atoms with Gasteiger partial charge in [-0.3, -0.25) is 0 Å². The summed E-state index contributed by atoms with van der Waals surface area (Å²) in [6, 6.07) is 3.15. The van der Waals surface area contributed by atoms with Crippen molar-refractivity contribution in [1.29, 1.82) is 0 Å². The Labute approximate surface area is 98.5 Å². The number of hydrogen-bond donors (Lipinski definition) is 1. The van der Waals surface area contributed by atoms with Crippen molar-refractivity contribution in [1.82, 2.24) is 9.29 Å². The van der Waals surface area contributed by atoms with Crippen LogP contribution in [0, 0.1) is 0 Å². The third kappa shape index (κ3) is 1.41. The quantitative estimate of drug-likeness (QED) is 0.704. The van der Waals surface area contributed by atoms with Crippen molar-refractivity contribution in [2.24, 2.45) is 0 Å². The second-order valence-electron chi connectivity index (χ2n) is 3.97. The normalized spacial score (nSPS) is 30.3. The molecule has 1 N–H and O–H groups in total. The Morgan fingerprint density at radius 2 is 2.31 bits per heavy atom. The summed E-state index contributed by atoms with van der Waals surface area (Å²) >= 11 is 5.77. The van der Waals surface area contributed by atoms with Gasteiger partial charge in [-0.2, -0.15) is 4.31 Å². The van der Waals surface area contributed by atoms with E-state index in [-0.39, 0.29) is 10.9 Å². The Hall–Kier alpha value is -0.850. The first kappa shape index (κ1) is 10.3. The summed E-state index contributed by atoms with van der Waals surface area (Å²) in [5, 5.41) is 3.43. The van der Waals surface area contributed by atoms with Crippen LogP contribution in [-0.4, -0.2) is 36.8 Å². The van der Waals surface area contributed by atoms with E-state index < -0.39 is 10.0 Å². The minimum absolute atomic E-state index is 0.141. The first-order valence-corrected chi connectivity index (χ1v) is 6.82. The number of nitrogens with one attached hydrogen (secondary N) is 1. The van der Waals surface area contributed by atoms with Gasteiger partial charge < -0.3 is 5.32 Å². The largest absolute Gasteiger partial charge is 0.365 e. The zero-order valence-corrected chi connectivity index (χ0v) is 9.92. The number of rotatable bonds is 0. The molecule has 0 amide bonds. The first-order chi connectivity index (χ1) is 7.57. The summed E-state index contributed by atoms with van der Waals surface area (Å²) in [6.07, 6.45) is 0.812. The molecule has 3 heterocycles. The van der Waals surface area contributed by atoms with Gasteiger partial charge in [0.15, 0.2) is 0 Å². The molecule has 1 aromatic rings. The monoisotopic (exact) mass is 259 g/mol. The van der Waals surface area contributed by atoms with Crippen molar-refractivity contribution in [2.45, 2.75) is 17.4 Å². The Bertz CT molecular complexity index is 546. The third-order valence-electron chi connectivity index (χ3n) is 2.93. The van der Waals surface area contributed by atoms with Gasteiger partial charge in [-0.25, -0.2) is 13.4 Å². The summed E-state index contributed by atoms with van der Waals surface area (Å²) in [6.45, 7) is 1.08. The summed E-state index contributed by atoms with van der Waals surface area (Å²) in [7, 11) is -3.39. The highest BCUT2D eigenvalue weighted by atomic mass is 35.5. The molecule has 16 heavy (non-hydrogen) atoms. The molecule has 2 aliphatic heterocycles. The molecule has 7 heteroatoms. The van der Waals surface area contributed by atoms with Crippen LogP contribution in [0.1, 0.15) is 6.42 Å². The second-order valence-corrected chi connectivity index (χ2v) is 6.27. The van der Waals surface area contributed by atoms with Gasteiger partial charge in [0.05, 0.1) is 0 Å². The van der Waals surface area contributed by atoms with Crippen LogP contribution < -0.4 is 5.32 Å². The van der Waals surface area contributed by atoms with E-state index in [0.29, 0.717) is 24.1 Å². The zero-order valence-electron chi connectivity index (χ0n) is 8.35. The molecule has 0 aliphatic carbocycles. The van der Waals surface area contributed by atoms with Crippen molar-refractivity contribution in [3.05, 3.63) is 17.3 Å². The Kier molecular flexibility index (Phi) is 2.14. The fraction of sp³-hybridized carbons (Fsp3) is 0.444. The molecule has 1 aromatic heterocycles. The lowest BCUT2D eigenvalue weighted by atomic mass is 10.2. The predicted octanol–water partition coefficient (Wildman–Crippen LogP) is 0.924. The fourth-order valence-electron chi connectivity index (χ4n) is 2.13. The summed E-state index contributed by atoms with van der Waals surface area (Å²) < 4.78 is 25.9. The number of anilines is 1. The van der Waals surface area contributed by atoms with Gasteiger partial charge in [0, 0.05) is 19.1 Å². The van der Waals surface area contributed by atoms with Crippen LogP contribution in [0.5, 0.6) is 0 Å². The first-order valence-electron chi connectivity index (χ1n) is 5.00. The molecule has 2 atom stereocenters. The summed E-state index contributed by atoms with van der Waals surface area (Å²) in [5.74, 6) is 0.375. The molecular formula is C9H10ClN3O2S. The van der Waals surface area contributed by atoms with Gasteiger partial charge in [0.2, 0.25) is 10.0 Å².